The molecule has 1 aliphatic rings. The normalized spacial score (nSPS) is 23.4. The standard InChI is InChI=1S/C16H25FN2/c1-12-4-3-5-15(10-12)19(2)16-7-6-14(17)11-13(16)8-9-18/h6-7,11-12,15H,3-5,8-10,18H2,1-2H3. The minimum Gasteiger partial charge on any atom is -0.371 e. The fourth-order valence-corrected chi connectivity index (χ4v) is 3.20. The van der Waals surface area contributed by atoms with E-state index in [4.69, 9.17) is 5.73 Å². The van der Waals surface area contributed by atoms with Gasteiger partial charge in [-0.15, -0.1) is 0 Å². The number of benzene rings is 1. The molecule has 0 heterocycles. The van der Waals surface area contributed by atoms with E-state index in [1.165, 1.54) is 25.7 Å². The summed E-state index contributed by atoms with van der Waals surface area (Å²) in [5.74, 6) is 0.622. The first-order chi connectivity index (χ1) is 9.11. The van der Waals surface area contributed by atoms with Gasteiger partial charge in [0.05, 0.1) is 0 Å². The maximum absolute atomic E-state index is 13.4. The van der Waals surface area contributed by atoms with Crippen molar-refractivity contribution in [1.82, 2.24) is 0 Å². The molecule has 2 N–H and O–H groups in total. The van der Waals surface area contributed by atoms with Crippen molar-refractivity contribution in [2.45, 2.75) is 45.1 Å². The molecule has 1 fully saturated rings. The van der Waals surface area contributed by atoms with Crippen molar-refractivity contribution in [1.29, 1.82) is 0 Å². The highest BCUT2D eigenvalue weighted by atomic mass is 19.1. The number of nitrogens with two attached hydrogens (primary N) is 1. The Kier molecular flexibility index (Phi) is 4.81. The first-order valence-electron chi connectivity index (χ1n) is 7.33. The Balaban J connectivity index is 2.19. The Hall–Kier alpha value is -1.09. The van der Waals surface area contributed by atoms with Crippen LogP contribution in [0.5, 0.6) is 0 Å². The topological polar surface area (TPSA) is 29.3 Å². The van der Waals surface area contributed by atoms with Crippen LogP contribution in [-0.4, -0.2) is 19.6 Å². The molecule has 3 heteroatoms. The third-order valence-corrected chi connectivity index (χ3v) is 4.29. The van der Waals surface area contributed by atoms with Crippen LogP contribution >= 0.6 is 0 Å². The van der Waals surface area contributed by atoms with Crippen LogP contribution in [0.25, 0.3) is 0 Å². The molecule has 1 aromatic rings. The molecular formula is C16H25FN2. The number of nitrogens with zero attached hydrogens (tertiary/aromatic N) is 1. The molecule has 0 saturated heterocycles. The van der Waals surface area contributed by atoms with E-state index in [0.29, 0.717) is 12.6 Å². The maximum Gasteiger partial charge on any atom is 0.123 e. The molecule has 1 aromatic carbocycles. The molecule has 0 radical (unpaired) electrons. The number of hydrogen-bond donors (Lipinski definition) is 1. The minimum absolute atomic E-state index is 0.169. The quantitative estimate of drug-likeness (QED) is 0.903. The fraction of sp³-hybridized carbons (Fsp3) is 0.625. The van der Waals surface area contributed by atoms with Gasteiger partial charge in [-0.2, -0.15) is 0 Å². The zero-order valence-corrected chi connectivity index (χ0v) is 12.0. The van der Waals surface area contributed by atoms with Crippen LogP contribution in [0.2, 0.25) is 0 Å². The van der Waals surface area contributed by atoms with Gasteiger partial charge in [0.2, 0.25) is 0 Å². The molecule has 0 aliphatic heterocycles. The van der Waals surface area contributed by atoms with Crippen molar-refractivity contribution < 1.29 is 4.39 Å². The van der Waals surface area contributed by atoms with Gasteiger partial charge < -0.3 is 10.6 Å². The molecule has 2 rings (SSSR count). The lowest BCUT2D eigenvalue weighted by Gasteiger charge is -2.36. The highest BCUT2D eigenvalue weighted by molar-refractivity contribution is 5.54. The lowest BCUT2D eigenvalue weighted by Crippen LogP contribution is -2.36. The van der Waals surface area contributed by atoms with Gasteiger partial charge in [-0.25, -0.2) is 4.39 Å². The summed E-state index contributed by atoms with van der Waals surface area (Å²) in [5, 5.41) is 0. The van der Waals surface area contributed by atoms with Crippen molar-refractivity contribution in [3.05, 3.63) is 29.6 Å². The van der Waals surface area contributed by atoms with Gasteiger partial charge in [0, 0.05) is 18.8 Å². The summed E-state index contributed by atoms with van der Waals surface area (Å²) in [4.78, 5) is 2.33. The average molecular weight is 264 g/mol. The Labute approximate surface area is 115 Å². The van der Waals surface area contributed by atoms with Crippen LogP contribution in [0.3, 0.4) is 0 Å². The minimum atomic E-state index is -0.169. The van der Waals surface area contributed by atoms with Gasteiger partial charge in [-0.05, 0) is 55.5 Å². The Morgan fingerprint density at radius 3 is 2.84 bits per heavy atom. The predicted molar refractivity (Wildman–Crippen MR) is 79.0 cm³/mol. The second kappa shape index (κ2) is 6.38. The van der Waals surface area contributed by atoms with Crippen LogP contribution in [0.15, 0.2) is 18.2 Å². The van der Waals surface area contributed by atoms with Gasteiger partial charge in [-0.1, -0.05) is 19.8 Å². The van der Waals surface area contributed by atoms with Crippen LogP contribution in [0, 0.1) is 11.7 Å². The van der Waals surface area contributed by atoms with Crippen LogP contribution in [0.1, 0.15) is 38.2 Å². The maximum atomic E-state index is 13.4. The largest absolute Gasteiger partial charge is 0.371 e. The zero-order valence-electron chi connectivity index (χ0n) is 12.0. The summed E-state index contributed by atoms with van der Waals surface area (Å²) in [6.07, 6.45) is 5.84. The summed E-state index contributed by atoms with van der Waals surface area (Å²) in [6.45, 7) is 2.89. The van der Waals surface area contributed by atoms with Crippen molar-refractivity contribution in [2.24, 2.45) is 11.7 Å². The van der Waals surface area contributed by atoms with Crippen LogP contribution < -0.4 is 10.6 Å². The summed E-state index contributed by atoms with van der Waals surface area (Å²) in [5.41, 5.74) is 7.81. The summed E-state index contributed by atoms with van der Waals surface area (Å²) < 4.78 is 13.4. The van der Waals surface area contributed by atoms with E-state index in [0.717, 1.165) is 23.6 Å². The summed E-state index contributed by atoms with van der Waals surface area (Å²) in [7, 11) is 2.13. The molecule has 1 saturated carbocycles. The molecule has 1 aliphatic carbocycles. The van der Waals surface area contributed by atoms with Crippen LogP contribution in [0.4, 0.5) is 10.1 Å². The van der Waals surface area contributed by atoms with Gasteiger partial charge in [-0.3, -0.25) is 0 Å². The van der Waals surface area contributed by atoms with Gasteiger partial charge >= 0.3 is 0 Å². The van der Waals surface area contributed by atoms with E-state index in [2.05, 4.69) is 18.9 Å². The zero-order chi connectivity index (χ0) is 13.8. The third kappa shape index (κ3) is 3.47. The summed E-state index contributed by atoms with van der Waals surface area (Å²) >= 11 is 0. The molecular weight excluding hydrogens is 239 g/mol. The molecule has 2 nitrogen and oxygen atoms in total. The van der Waals surface area contributed by atoms with E-state index >= 15 is 0 Å². The molecule has 2 unspecified atom stereocenters. The first kappa shape index (κ1) is 14.3. The fourth-order valence-electron chi connectivity index (χ4n) is 3.20. The van der Waals surface area contributed by atoms with E-state index in [1.807, 2.05) is 6.07 Å². The first-order valence-corrected chi connectivity index (χ1v) is 7.33. The molecule has 0 bridgehead atoms. The average Bonchev–Trinajstić information content (AvgIpc) is 2.39. The smallest absolute Gasteiger partial charge is 0.123 e. The second-order valence-electron chi connectivity index (χ2n) is 5.85. The molecule has 19 heavy (non-hydrogen) atoms. The predicted octanol–water partition coefficient (Wildman–Crippen LogP) is 3.34. The van der Waals surface area contributed by atoms with E-state index in [9.17, 15) is 4.39 Å². The lowest BCUT2D eigenvalue weighted by molar-refractivity contribution is 0.336. The number of rotatable bonds is 4. The van der Waals surface area contributed by atoms with Crippen LogP contribution in [-0.2, 0) is 6.42 Å². The summed E-state index contributed by atoms with van der Waals surface area (Å²) in [6, 6.07) is 5.66. The highest BCUT2D eigenvalue weighted by Crippen LogP contribution is 2.31. The molecule has 0 aromatic heterocycles. The van der Waals surface area contributed by atoms with Gasteiger partial charge in [0.1, 0.15) is 5.82 Å². The van der Waals surface area contributed by atoms with Gasteiger partial charge in [0.25, 0.3) is 0 Å². The Morgan fingerprint density at radius 1 is 1.37 bits per heavy atom. The molecule has 106 valence electrons. The SMILES string of the molecule is CC1CCCC(N(C)c2ccc(F)cc2CCN)C1. The molecule has 0 amide bonds. The van der Waals surface area contributed by atoms with E-state index < -0.39 is 0 Å². The Bertz CT molecular complexity index is 419. The molecule has 2 atom stereocenters. The van der Waals surface area contributed by atoms with Crippen molar-refractivity contribution in [3.63, 3.8) is 0 Å². The number of anilines is 1. The Morgan fingerprint density at radius 2 is 2.16 bits per heavy atom. The van der Waals surface area contributed by atoms with E-state index in [1.54, 1.807) is 12.1 Å². The third-order valence-electron chi connectivity index (χ3n) is 4.29. The number of hydrogen-bond acceptors (Lipinski definition) is 2. The van der Waals surface area contributed by atoms with Crippen molar-refractivity contribution in [3.8, 4) is 0 Å². The number of halogens is 1. The van der Waals surface area contributed by atoms with Crippen molar-refractivity contribution in [2.75, 3.05) is 18.5 Å². The monoisotopic (exact) mass is 264 g/mol. The van der Waals surface area contributed by atoms with Gasteiger partial charge in [0.15, 0.2) is 0 Å². The highest BCUT2D eigenvalue weighted by Gasteiger charge is 2.23. The van der Waals surface area contributed by atoms with E-state index in [-0.39, 0.29) is 5.82 Å². The lowest BCUT2D eigenvalue weighted by atomic mass is 9.86. The van der Waals surface area contributed by atoms with Crippen molar-refractivity contribution >= 4 is 5.69 Å². The molecule has 0 spiro atoms. The second-order valence-corrected chi connectivity index (χ2v) is 5.85.